The second-order valence-electron chi connectivity index (χ2n) is 6.69. The van der Waals surface area contributed by atoms with Crippen LogP contribution in [0.2, 0.25) is 5.02 Å². The fraction of sp³-hybridized carbons (Fsp3) is 0.0417. The number of amides is 1. The van der Waals surface area contributed by atoms with Crippen molar-refractivity contribution in [3.05, 3.63) is 101 Å². The van der Waals surface area contributed by atoms with E-state index in [2.05, 4.69) is 20.6 Å². The Labute approximate surface area is 179 Å². The lowest BCUT2D eigenvalue weighted by Gasteiger charge is -2.11. The minimum Gasteiger partial charge on any atom is -0.340 e. The molecule has 30 heavy (non-hydrogen) atoms. The monoisotopic (exact) mass is 414 g/mol. The van der Waals surface area contributed by atoms with E-state index in [1.54, 1.807) is 24.3 Å². The van der Waals surface area contributed by atoms with Gasteiger partial charge in [0.25, 0.3) is 5.91 Å². The quantitative estimate of drug-likeness (QED) is 0.414. The minimum atomic E-state index is -0.240. The molecule has 148 valence electrons. The summed E-state index contributed by atoms with van der Waals surface area (Å²) < 4.78 is 0. The number of nitrogens with one attached hydrogen (secondary N) is 2. The van der Waals surface area contributed by atoms with Gasteiger partial charge >= 0.3 is 0 Å². The minimum absolute atomic E-state index is 0.240. The van der Waals surface area contributed by atoms with Gasteiger partial charge in [0.2, 0.25) is 0 Å². The molecular weight excluding hydrogens is 396 g/mol. The maximum absolute atomic E-state index is 12.6. The molecule has 6 heteroatoms. The van der Waals surface area contributed by atoms with Crippen molar-refractivity contribution in [1.29, 1.82) is 0 Å². The number of carbonyl (C=O) groups is 1. The molecule has 1 amide bonds. The van der Waals surface area contributed by atoms with E-state index in [1.165, 1.54) is 0 Å². The number of aryl methyl sites for hydroxylation is 1. The van der Waals surface area contributed by atoms with Gasteiger partial charge in [0, 0.05) is 22.9 Å². The molecule has 0 fully saturated rings. The first-order chi connectivity index (χ1) is 14.6. The normalized spacial score (nSPS) is 10.5. The molecule has 0 aliphatic rings. The van der Waals surface area contributed by atoms with Crippen LogP contribution in [0.1, 0.15) is 16.2 Å². The van der Waals surface area contributed by atoms with Crippen LogP contribution in [0, 0.1) is 6.92 Å². The maximum Gasteiger partial charge on any atom is 0.255 e. The highest BCUT2D eigenvalue weighted by Gasteiger charge is 2.10. The summed E-state index contributed by atoms with van der Waals surface area (Å²) in [4.78, 5) is 21.6. The standard InChI is InChI=1S/C24H19ClN4O/c1-16-26-22(17-8-3-2-4-9-17)15-23(27-16)28-19-11-7-10-18(14-19)24(30)29-21-13-6-5-12-20(21)25/h2-15H,1H3,(H,29,30)(H,26,27,28). The second kappa shape index (κ2) is 8.76. The van der Waals surface area contributed by atoms with E-state index in [9.17, 15) is 4.79 Å². The number of rotatable bonds is 5. The third-order valence-electron chi connectivity index (χ3n) is 4.43. The number of para-hydroxylation sites is 1. The summed E-state index contributed by atoms with van der Waals surface area (Å²) in [5.41, 5.74) is 3.67. The van der Waals surface area contributed by atoms with Crippen LogP contribution in [0.3, 0.4) is 0 Å². The van der Waals surface area contributed by atoms with Gasteiger partial charge < -0.3 is 10.6 Å². The Hall–Kier alpha value is -3.70. The molecule has 5 nitrogen and oxygen atoms in total. The summed E-state index contributed by atoms with van der Waals surface area (Å²) in [5.74, 6) is 1.08. The van der Waals surface area contributed by atoms with Crippen molar-refractivity contribution in [2.24, 2.45) is 0 Å². The van der Waals surface area contributed by atoms with E-state index in [0.29, 0.717) is 27.9 Å². The maximum atomic E-state index is 12.6. The van der Waals surface area contributed by atoms with Crippen LogP contribution in [0.25, 0.3) is 11.3 Å². The lowest BCUT2D eigenvalue weighted by atomic mass is 10.1. The van der Waals surface area contributed by atoms with Crippen LogP contribution < -0.4 is 10.6 Å². The highest BCUT2D eigenvalue weighted by molar-refractivity contribution is 6.33. The van der Waals surface area contributed by atoms with Crippen LogP contribution in [-0.4, -0.2) is 15.9 Å². The number of hydrogen-bond acceptors (Lipinski definition) is 4. The Morgan fingerprint density at radius 3 is 2.43 bits per heavy atom. The summed E-state index contributed by atoms with van der Waals surface area (Å²) >= 11 is 6.13. The van der Waals surface area contributed by atoms with E-state index < -0.39 is 0 Å². The van der Waals surface area contributed by atoms with Gasteiger partial charge in [0.05, 0.1) is 16.4 Å². The molecular formula is C24H19ClN4O. The zero-order chi connectivity index (χ0) is 20.9. The van der Waals surface area contributed by atoms with Gasteiger partial charge in [-0.25, -0.2) is 9.97 Å². The van der Waals surface area contributed by atoms with Crippen LogP contribution >= 0.6 is 11.6 Å². The van der Waals surface area contributed by atoms with Crippen LogP contribution in [0.5, 0.6) is 0 Å². The Kier molecular flexibility index (Phi) is 5.72. The molecule has 1 aromatic heterocycles. The van der Waals surface area contributed by atoms with Crippen LogP contribution in [-0.2, 0) is 0 Å². The lowest BCUT2D eigenvalue weighted by Crippen LogP contribution is -2.12. The predicted octanol–water partition coefficient (Wildman–Crippen LogP) is 6.10. The summed E-state index contributed by atoms with van der Waals surface area (Å²) in [5, 5.41) is 6.59. The fourth-order valence-corrected chi connectivity index (χ4v) is 3.21. The first-order valence-electron chi connectivity index (χ1n) is 9.42. The molecule has 0 aliphatic heterocycles. The second-order valence-corrected chi connectivity index (χ2v) is 7.10. The van der Waals surface area contributed by atoms with Gasteiger partial charge in [0.15, 0.2) is 0 Å². The molecule has 4 aromatic rings. The van der Waals surface area contributed by atoms with E-state index in [1.807, 2.05) is 67.6 Å². The van der Waals surface area contributed by atoms with Crippen molar-refractivity contribution in [3.8, 4) is 11.3 Å². The van der Waals surface area contributed by atoms with Gasteiger partial charge in [-0.2, -0.15) is 0 Å². The lowest BCUT2D eigenvalue weighted by molar-refractivity contribution is 0.102. The molecule has 0 unspecified atom stereocenters. The molecule has 3 aromatic carbocycles. The van der Waals surface area contributed by atoms with Gasteiger partial charge in [0.1, 0.15) is 11.6 Å². The molecule has 0 aliphatic carbocycles. The average Bonchev–Trinajstić information content (AvgIpc) is 2.76. The van der Waals surface area contributed by atoms with Crippen molar-refractivity contribution in [2.45, 2.75) is 6.92 Å². The number of halogens is 1. The molecule has 0 bridgehead atoms. The summed E-state index contributed by atoms with van der Waals surface area (Å²) in [7, 11) is 0. The third kappa shape index (κ3) is 4.64. The number of carbonyl (C=O) groups excluding carboxylic acids is 1. The molecule has 2 N–H and O–H groups in total. The van der Waals surface area contributed by atoms with Gasteiger partial charge in [-0.15, -0.1) is 0 Å². The van der Waals surface area contributed by atoms with Crippen molar-refractivity contribution in [3.63, 3.8) is 0 Å². The van der Waals surface area contributed by atoms with Crippen molar-refractivity contribution in [2.75, 3.05) is 10.6 Å². The summed E-state index contributed by atoms with van der Waals surface area (Å²) in [6.07, 6.45) is 0. The van der Waals surface area contributed by atoms with Gasteiger partial charge in [-0.3, -0.25) is 4.79 Å². The molecule has 1 heterocycles. The van der Waals surface area contributed by atoms with E-state index in [-0.39, 0.29) is 5.91 Å². The van der Waals surface area contributed by atoms with E-state index >= 15 is 0 Å². The number of benzene rings is 3. The number of aromatic nitrogens is 2. The predicted molar refractivity (Wildman–Crippen MR) is 121 cm³/mol. The Bertz CT molecular complexity index is 1190. The third-order valence-corrected chi connectivity index (χ3v) is 4.76. The first kappa shape index (κ1) is 19.6. The molecule has 0 radical (unpaired) electrons. The van der Waals surface area contributed by atoms with Crippen molar-refractivity contribution >= 4 is 34.7 Å². The highest BCUT2D eigenvalue weighted by atomic mass is 35.5. The topological polar surface area (TPSA) is 66.9 Å². The highest BCUT2D eigenvalue weighted by Crippen LogP contribution is 2.24. The zero-order valence-corrected chi connectivity index (χ0v) is 17.0. The summed E-state index contributed by atoms with van der Waals surface area (Å²) in [6.45, 7) is 1.85. The number of nitrogens with zero attached hydrogens (tertiary/aromatic N) is 2. The fourth-order valence-electron chi connectivity index (χ4n) is 3.03. The smallest absolute Gasteiger partial charge is 0.255 e. The molecule has 0 saturated heterocycles. The number of anilines is 3. The average molecular weight is 415 g/mol. The Balaban J connectivity index is 1.56. The first-order valence-corrected chi connectivity index (χ1v) is 9.80. The van der Waals surface area contributed by atoms with Crippen molar-refractivity contribution in [1.82, 2.24) is 9.97 Å². The van der Waals surface area contributed by atoms with Crippen molar-refractivity contribution < 1.29 is 4.79 Å². The van der Waals surface area contributed by atoms with E-state index in [0.717, 1.165) is 16.9 Å². The van der Waals surface area contributed by atoms with Crippen LogP contribution in [0.15, 0.2) is 84.9 Å². The SMILES string of the molecule is Cc1nc(Nc2cccc(C(=O)Nc3ccccc3Cl)c2)cc(-c2ccccc2)n1. The molecule has 0 atom stereocenters. The Morgan fingerprint density at radius 2 is 1.63 bits per heavy atom. The summed E-state index contributed by atoms with van der Waals surface area (Å²) in [6, 6.07) is 26.2. The Morgan fingerprint density at radius 1 is 0.867 bits per heavy atom. The number of hydrogen-bond donors (Lipinski definition) is 2. The van der Waals surface area contributed by atoms with Crippen LogP contribution in [0.4, 0.5) is 17.2 Å². The molecule has 4 rings (SSSR count). The van der Waals surface area contributed by atoms with E-state index in [4.69, 9.17) is 11.6 Å². The zero-order valence-electron chi connectivity index (χ0n) is 16.3. The molecule has 0 spiro atoms. The van der Waals surface area contributed by atoms with Gasteiger partial charge in [-0.05, 0) is 37.3 Å². The largest absolute Gasteiger partial charge is 0.340 e. The molecule has 0 saturated carbocycles. The van der Waals surface area contributed by atoms with Gasteiger partial charge in [-0.1, -0.05) is 60.1 Å².